The van der Waals surface area contributed by atoms with E-state index < -0.39 is 18.3 Å². The van der Waals surface area contributed by atoms with Crippen LogP contribution in [0.4, 0.5) is 4.39 Å². The quantitative estimate of drug-likeness (QED) is 0.344. The molecule has 0 aromatic carbocycles. The average molecular weight is 369 g/mol. The van der Waals surface area contributed by atoms with E-state index in [1.54, 1.807) is 5.01 Å². The van der Waals surface area contributed by atoms with Crippen LogP contribution in [0.3, 0.4) is 0 Å². The van der Waals surface area contributed by atoms with Gasteiger partial charge in [-0.25, -0.2) is 14.8 Å². The number of hydrogen-bond acceptors (Lipinski definition) is 7. The molecule has 0 aliphatic carbocycles. The highest BCUT2D eigenvalue weighted by atomic mass is 19.1. The highest BCUT2D eigenvalue weighted by Crippen LogP contribution is 2.29. The standard InChI is InChI=1S/C17H32FN7O/c18-11-7-22-16-14(15(19)24-25(16)9-11)17(26)23-13-8-21-5-3-12(13)10-2-1-4-20-6-10/h10-16,20-22,24H,1-9,19H2,(H,23,26). The molecule has 4 aliphatic rings. The van der Waals surface area contributed by atoms with Gasteiger partial charge in [0.2, 0.25) is 5.91 Å². The summed E-state index contributed by atoms with van der Waals surface area (Å²) in [6.45, 7) is 4.47. The highest BCUT2D eigenvalue weighted by Gasteiger charge is 2.47. The van der Waals surface area contributed by atoms with Crippen molar-refractivity contribution >= 4 is 5.91 Å². The topological polar surface area (TPSA) is 106 Å². The molecular weight excluding hydrogens is 337 g/mol. The Labute approximate surface area is 154 Å². The van der Waals surface area contributed by atoms with Gasteiger partial charge in [0.25, 0.3) is 0 Å². The Kier molecular flexibility index (Phi) is 5.72. The second-order valence-corrected chi connectivity index (χ2v) is 8.16. The number of rotatable bonds is 3. The van der Waals surface area contributed by atoms with Crippen molar-refractivity contribution in [2.24, 2.45) is 23.5 Å². The molecular formula is C17H32FN7O. The molecule has 26 heavy (non-hydrogen) atoms. The van der Waals surface area contributed by atoms with E-state index >= 15 is 0 Å². The summed E-state index contributed by atoms with van der Waals surface area (Å²) in [6, 6.07) is 0.125. The fraction of sp³-hybridized carbons (Fsp3) is 0.941. The van der Waals surface area contributed by atoms with Gasteiger partial charge in [-0.05, 0) is 50.7 Å². The molecule has 4 saturated heterocycles. The second kappa shape index (κ2) is 8.04. The van der Waals surface area contributed by atoms with Crippen LogP contribution in [0, 0.1) is 17.8 Å². The van der Waals surface area contributed by atoms with Gasteiger partial charge in [0.05, 0.1) is 18.2 Å². The molecule has 8 nitrogen and oxygen atoms in total. The Balaban J connectivity index is 1.41. The number of carbonyl (C=O) groups excluding carboxylic acids is 1. The molecule has 7 unspecified atom stereocenters. The number of halogens is 1. The van der Waals surface area contributed by atoms with Gasteiger partial charge in [0.1, 0.15) is 6.17 Å². The van der Waals surface area contributed by atoms with E-state index in [9.17, 15) is 9.18 Å². The van der Waals surface area contributed by atoms with Crippen molar-refractivity contribution in [3.05, 3.63) is 0 Å². The van der Waals surface area contributed by atoms with Crippen molar-refractivity contribution in [1.29, 1.82) is 0 Å². The van der Waals surface area contributed by atoms with Crippen molar-refractivity contribution in [2.45, 2.75) is 43.8 Å². The summed E-state index contributed by atoms with van der Waals surface area (Å²) in [7, 11) is 0. The monoisotopic (exact) mass is 369 g/mol. The zero-order valence-electron chi connectivity index (χ0n) is 15.2. The van der Waals surface area contributed by atoms with Crippen LogP contribution in [0.5, 0.6) is 0 Å². The molecule has 0 aromatic rings. The van der Waals surface area contributed by atoms with Crippen molar-refractivity contribution < 1.29 is 9.18 Å². The van der Waals surface area contributed by atoms with Crippen molar-refractivity contribution in [3.8, 4) is 0 Å². The molecule has 0 saturated carbocycles. The zero-order valence-corrected chi connectivity index (χ0v) is 15.2. The van der Waals surface area contributed by atoms with Gasteiger partial charge in [-0.3, -0.25) is 10.1 Å². The molecule has 4 fully saturated rings. The molecule has 4 aliphatic heterocycles. The van der Waals surface area contributed by atoms with E-state index in [0.29, 0.717) is 11.8 Å². The second-order valence-electron chi connectivity index (χ2n) is 8.16. The largest absolute Gasteiger partial charge is 0.351 e. The predicted molar refractivity (Wildman–Crippen MR) is 96.5 cm³/mol. The first-order valence-electron chi connectivity index (χ1n) is 10.0. The summed E-state index contributed by atoms with van der Waals surface area (Å²) in [5, 5.41) is 15.0. The molecule has 148 valence electrons. The number of amides is 1. The van der Waals surface area contributed by atoms with E-state index in [1.165, 1.54) is 12.8 Å². The van der Waals surface area contributed by atoms with Crippen LogP contribution in [0.1, 0.15) is 19.3 Å². The lowest BCUT2D eigenvalue weighted by Crippen LogP contribution is -2.61. The fourth-order valence-corrected chi connectivity index (χ4v) is 5.10. The molecule has 1 amide bonds. The van der Waals surface area contributed by atoms with Gasteiger partial charge in [-0.1, -0.05) is 0 Å². The Morgan fingerprint density at radius 1 is 1.15 bits per heavy atom. The number of piperidine rings is 2. The smallest absolute Gasteiger partial charge is 0.229 e. The molecule has 4 rings (SSSR count). The molecule has 4 heterocycles. The van der Waals surface area contributed by atoms with Crippen molar-refractivity contribution in [1.82, 2.24) is 31.7 Å². The summed E-state index contributed by atoms with van der Waals surface area (Å²) < 4.78 is 13.6. The molecule has 0 spiro atoms. The van der Waals surface area contributed by atoms with Crippen LogP contribution >= 0.6 is 0 Å². The summed E-state index contributed by atoms with van der Waals surface area (Å²) >= 11 is 0. The molecule has 7 N–H and O–H groups in total. The third-order valence-corrected chi connectivity index (χ3v) is 6.43. The maximum absolute atomic E-state index is 13.6. The Hall–Kier alpha value is -0.840. The van der Waals surface area contributed by atoms with Gasteiger partial charge in [-0.2, -0.15) is 0 Å². The molecule has 9 heteroatoms. The lowest BCUT2D eigenvalue weighted by Gasteiger charge is -2.40. The average Bonchev–Trinajstić information content (AvgIpc) is 2.97. The number of hydrogen-bond donors (Lipinski definition) is 6. The third kappa shape index (κ3) is 3.74. The highest BCUT2D eigenvalue weighted by molar-refractivity contribution is 5.80. The third-order valence-electron chi connectivity index (χ3n) is 6.43. The van der Waals surface area contributed by atoms with Crippen LogP contribution < -0.4 is 32.4 Å². The van der Waals surface area contributed by atoms with E-state index in [2.05, 4.69) is 26.7 Å². The molecule has 0 aromatic heterocycles. The predicted octanol–water partition coefficient (Wildman–Crippen LogP) is -1.93. The number of alkyl halides is 1. The molecule has 7 atom stereocenters. The van der Waals surface area contributed by atoms with E-state index in [1.807, 2.05) is 0 Å². The number of nitrogens with two attached hydrogens (primary N) is 1. The van der Waals surface area contributed by atoms with Crippen molar-refractivity contribution in [2.75, 3.05) is 39.3 Å². The summed E-state index contributed by atoms with van der Waals surface area (Å²) in [6.07, 6.45) is 1.83. The zero-order chi connectivity index (χ0) is 18.1. The maximum Gasteiger partial charge on any atom is 0.229 e. The molecule has 0 bridgehead atoms. The molecule has 0 radical (unpaired) electrons. The first kappa shape index (κ1) is 18.5. The Bertz CT molecular complexity index is 504. The Morgan fingerprint density at radius 2 is 2.00 bits per heavy atom. The van der Waals surface area contributed by atoms with Crippen LogP contribution in [-0.4, -0.2) is 74.7 Å². The maximum atomic E-state index is 13.6. The van der Waals surface area contributed by atoms with Crippen LogP contribution in [0.2, 0.25) is 0 Å². The van der Waals surface area contributed by atoms with Crippen LogP contribution in [0.25, 0.3) is 0 Å². The first-order valence-corrected chi connectivity index (χ1v) is 10.0. The van der Waals surface area contributed by atoms with Crippen LogP contribution in [-0.2, 0) is 4.79 Å². The number of hydrazine groups is 1. The minimum atomic E-state index is -0.946. The lowest BCUT2D eigenvalue weighted by atomic mass is 9.77. The number of nitrogens with one attached hydrogen (secondary N) is 5. The SMILES string of the molecule is NC1NN2CC(F)CNC2C1C(=O)NC1CNCCC1C1CCCNC1. The minimum Gasteiger partial charge on any atom is -0.351 e. The number of carbonyl (C=O) groups is 1. The van der Waals surface area contributed by atoms with Crippen molar-refractivity contribution in [3.63, 3.8) is 0 Å². The minimum absolute atomic E-state index is 0.0372. The van der Waals surface area contributed by atoms with Gasteiger partial charge < -0.3 is 21.7 Å². The van der Waals surface area contributed by atoms with E-state index in [4.69, 9.17) is 5.73 Å². The normalized spacial score (nSPS) is 44.5. The van der Waals surface area contributed by atoms with Gasteiger partial charge in [-0.15, -0.1) is 0 Å². The summed E-state index contributed by atoms with van der Waals surface area (Å²) in [5.41, 5.74) is 9.22. The van der Waals surface area contributed by atoms with Gasteiger partial charge in [0, 0.05) is 25.7 Å². The lowest BCUT2D eigenvalue weighted by molar-refractivity contribution is -0.128. The summed E-state index contributed by atoms with van der Waals surface area (Å²) in [5.74, 6) is 0.645. The van der Waals surface area contributed by atoms with Gasteiger partial charge >= 0.3 is 0 Å². The van der Waals surface area contributed by atoms with E-state index in [-0.39, 0.29) is 31.2 Å². The Morgan fingerprint density at radius 3 is 2.81 bits per heavy atom. The summed E-state index contributed by atoms with van der Waals surface area (Å²) in [4.78, 5) is 13.1. The first-order chi connectivity index (χ1) is 12.6. The number of nitrogens with zero attached hydrogens (tertiary/aromatic N) is 1. The van der Waals surface area contributed by atoms with Gasteiger partial charge in [0.15, 0.2) is 0 Å². The number of fused-ring (bicyclic) bond motifs is 1. The van der Waals surface area contributed by atoms with Crippen LogP contribution in [0.15, 0.2) is 0 Å². The fourth-order valence-electron chi connectivity index (χ4n) is 5.10. The van der Waals surface area contributed by atoms with E-state index in [0.717, 1.165) is 32.6 Å².